The van der Waals surface area contributed by atoms with Gasteiger partial charge in [-0.25, -0.2) is 13.4 Å². The van der Waals surface area contributed by atoms with Crippen LogP contribution in [0.25, 0.3) is 0 Å². The molecule has 0 spiro atoms. The molecule has 0 atom stereocenters. The van der Waals surface area contributed by atoms with E-state index in [0.29, 0.717) is 6.54 Å². The molecule has 0 aliphatic heterocycles. The molecule has 0 unspecified atom stereocenters. The minimum atomic E-state index is -3.56. The van der Waals surface area contributed by atoms with Crippen molar-refractivity contribution in [1.82, 2.24) is 13.9 Å². The van der Waals surface area contributed by atoms with E-state index in [0.717, 1.165) is 0 Å². The summed E-state index contributed by atoms with van der Waals surface area (Å²) in [5.41, 5.74) is 5.58. The van der Waals surface area contributed by atoms with Gasteiger partial charge in [-0.3, -0.25) is 0 Å². The summed E-state index contributed by atoms with van der Waals surface area (Å²) in [7, 11) is -1.94. The molecule has 7 heteroatoms. The van der Waals surface area contributed by atoms with Crippen LogP contribution in [0.3, 0.4) is 0 Å². The highest BCUT2D eigenvalue weighted by Gasteiger charge is 2.30. The molecule has 1 rings (SSSR count). The van der Waals surface area contributed by atoms with Crippen LogP contribution in [0.1, 0.15) is 20.8 Å². The number of nitrogens with zero attached hydrogens (tertiary/aromatic N) is 3. The molecule has 0 aliphatic rings. The fraction of sp³-hybridized carbons (Fsp3) is 0.667. The number of sulfonamides is 1. The maximum Gasteiger partial charge on any atom is 0.262 e. The fourth-order valence-corrected chi connectivity index (χ4v) is 3.52. The van der Waals surface area contributed by atoms with E-state index < -0.39 is 10.0 Å². The van der Waals surface area contributed by atoms with Crippen LogP contribution in [0.5, 0.6) is 0 Å². The first-order valence-corrected chi connectivity index (χ1v) is 6.55. The van der Waals surface area contributed by atoms with E-state index in [4.69, 9.17) is 5.73 Å². The van der Waals surface area contributed by atoms with E-state index in [1.54, 1.807) is 14.0 Å². The van der Waals surface area contributed by atoms with Gasteiger partial charge in [-0.15, -0.1) is 0 Å². The van der Waals surface area contributed by atoms with Crippen molar-refractivity contribution in [2.24, 2.45) is 7.05 Å². The summed E-state index contributed by atoms with van der Waals surface area (Å²) in [5, 5.41) is 0.0584. The first kappa shape index (κ1) is 13.0. The van der Waals surface area contributed by atoms with Crippen LogP contribution in [0.4, 0.5) is 5.82 Å². The van der Waals surface area contributed by atoms with Gasteiger partial charge in [0.05, 0.1) is 6.33 Å². The molecule has 0 aromatic carbocycles. The van der Waals surface area contributed by atoms with Gasteiger partial charge in [-0.2, -0.15) is 4.31 Å². The molecule has 0 radical (unpaired) electrons. The van der Waals surface area contributed by atoms with Gasteiger partial charge >= 0.3 is 0 Å². The lowest BCUT2D eigenvalue weighted by Gasteiger charge is -2.24. The average molecular weight is 246 g/mol. The number of anilines is 1. The molecule has 1 heterocycles. The lowest BCUT2D eigenvalue weighted by atomic mass is 10.4. The number of rotatable bonds is 4. The van der Waals surface area contributed by atoms with Crippen LogP contribution in [0.2, 0.25) is 0 Å². The van der Waals surface area contributed by atoms with Crippen molar-refractivity contribution in [1.29, 1.82) is 0 Å². The zero-order valence-electron chi connectivity index (χ0n) is 10.0. The van der Waals surface area contributed by atoms with E-state index >= 15 is 0 Å². The van der Waals surface area contributed by atoms with Crippen molar-refractivity contribution in [3.63, 3.8) is 0 Å². The third-order valence-corrected chi connectivity index (χ3v) is 4.63. The van der Waals surface area contributed by atoms with E-state index in [-0.39, 0.29) is 16.9 Å². The van der Waals surface area contributed by atoms with Crippen LogP contribution in [0, 0.1) is 0 Å². The predicted octanol–water partition coefficient (Wildman–Crippen LogP) is 0.421. The lowest BCUT2D eigenvalue weighted by Crippen LogP contribution is -2.37. The van der Waals surface area contributed by atoms with E-state index in [9.17, 15) is 8.42 Å². The molecule has 6 nitrogen and oxygen atoms in total. The highest BCUT2D eigenvalue weighted by atomic mass is 32.2. The molecule has 0 aliphatic carbocycles. The minimum Gasteiger partial charge on any atom is -0.381 e. The first-order chi connectivity index (χ1) is 7.32. The molecule has 0 bridgehead atoms. The second-order valence-electron chi connectivity index (χ2n) is 3.85. The molecule has 0 saturated carbocycles. The smallest absolute Gasteiger partial charge is 0.262 e. The molecule has 16 heavy (non-hydrogen) atoms. The maximum atomic E-state index is 12.3. The Morgan fingerprint density at radius 3 is 2.44 bits per heavy atom. The monoisotopic (exact) mass is 246 g/mol. The topological polar surface area (TPSA) is 81.2 Å². The SMILES string of the molecule is CCN(C(C)C)S(=O)(=O)c1c(N)ncn1C. The number of aryl methyl sites for hydroxylation is 1. The van der Waals surface area contributed by atoms with Gasteiger partial charge in [-0.1, -0.05) is 6.92 Å². The summed E-state index contributed by atoms with van der Waals surface area (Å²) in [4.78, 5) is 3.79. The third kappa shape index (κ3) is 2.05. The minimum absolute atomic E-state index is 0.0431. The molecule has 0 fully saturated rings. The number of nitrogen functional groups attached to an aromatic ring is 1. The molecule has 1 aromatic heterocycles. The van der Waals surface area contributed by atoms with Crippen LogP contribution >= 0.6 is 0 Å². The summed E-state index contributed by atoms with van der Waals surface area (Å²) in [5.74, 6) is 0.0431. The van der Waals surface area contributed by atoms with E-state index in [2.05, 4.69) is 4.98 Å². The van der Waals surface area contributed by atoms with Crippen molar-refractivity contribution >= 4 is 15.8 Å². The van der Waals surface area contributed by atoms with Gasteiger partial charge < -0.3 is 10.3 Å². The second-order valence-corrected chi connectivity index (χ2v) is 5.65. The van der Waals surface area contributed by atoms with Crippen molar-refractivity contribution in [2.75, 3.05) is 12.3 Å². The Labute approximate surface area is 96.1 Å². The van der Waals surface area contributed by atoms with Crippen molar-refractivity contribution in [2.45, 2.75) is 31.8 Å². The third-order valence-electron chi connectivity index (χ3n) is 2.35. The molecule has 0 saturated heterocycles. The van der Waals surface area contributed by atoms with Crippen LogP contribution in [-0.2, 0) is 17.1 Å². The van der Waals surface area contributed by atoms with E-state index in [1.165, 1.54) is 15.2 Å². The quantitative estimate of drug-likeness (QED) is 0.835. The molecule has 2 N–H and O–H groups in total. The van der Waals surface area contributed by atoms with Crippen molar-refractivity contribution in [3.8, 4) is 0 Å². The fourth-order valence-electron chi connectivity index (χ4n) is 1.67. The lowest BCUT2D eigenvalue weighted by molar-refractivity contribution is 0.366. The summed E-state index contributed by atoms with van der Waals surface area (Å²) < 4.78 is 27.4. The largest absolute Gasteiger partial charge is 0.381 e. The number of nitrogens with two attached hydrogens (primary N) is 1. The zero-order chi connectivity index (χ0) is 12.5. The van der Waals surface area contributed by atoms with Crippen LogP contribution in [-0.4, -0.2) is 34.9 Å². The zero-order valence-corrected chi connectivity index (χ0v) is 10.8. The van der Waals surface area contributed by atoms with Crippen LogP contribution in [0.15, 0.2) is 11.4 Å². The first-order valence-electron chi connectivity index (χ1n) is 5.11. The average Bonchev–Trinajstić information content (AvgIpc) is 2.46. The van der Waals surface area contributed by atoms with Gasteiger partial charge in [0.15, 0.2) is 10.8 Å². The molecule has 1 aromatic rings. The normalized spacial score (nSPS) is 12.6. The molecule has 92 valence electrons. The van der Waals surface area contributed by atoms with Crippen molar-refractivity contribution < 1.29 is 8.42 Å². The summed E-state index contributed by atoms with van der Waals surface area (Å²) in [6.45, 7) is 5.86. The number of imidazole rings is 1. The Morgan fingerprint density at radius 2 is 2.12 bits per heavy atom. The van der Waals surface area contributed by atoms with Crippen molar-refractivity contribution in [3.05, 3.63) is 6.33 Å². The predicted molar refractivity (Wildman–Crippen MR) is 62.3 cm³/mol. The molecular formula is C9H18N4O2S. The summed E-state index contributed by atoms with van der Waals surface area (Å²) in [6, 6.07) is -0.107. The Kier molecular flexibility index (Phi) is 3.59. The Morgan fingerprint density at radius 1 is 1.56 bits per heavy atom. The van der Waals surface area contributed by atoms with Gasteiger partial charge in [0.2, 0.25) is 0 Å². The Hall–Kier alpha value is -1.08. The summed E-state index contributed by atoms with van der Waals surface area (Å²) in [6.07, 6.45) is 1.40. The Bertz CT molecular complexity index is 444. The maximum absolute atomic E-state index is 12.3. The Balaban J connectivity index is 3.31. The summed E-state index contributed by atoms with van der Waals surface area (Å²) >= 11 is 0. The van der Waals surface area contributed by atoms with Crippen LogP contribution < -0.4 is 5.73 Å². The highest BCUT2D eigenvalue weighted by Crippen LogP contribution is 2.21. The number of hydrogen-bond acceptors (Lipinski definition) is 4. The number of aromatic nitrogens is 2. The second kappa shape index (κ2) is 4.42. The highest BCUT2D eigenvalue weighted by molar-refractivity contribution is 7.89. The van der Waals surface area contributed by atoms with Gasteiger partial charge in [0.25, 0.3) is 10.0 Å². The molecular weight excluding hydrogens is 228 g/mol. The van der Waals surface area contributed by atoms with Gasteiger partial charge in [0, 0.05) is 19.6 Å². The molecule has 0 amide bonds. The van der Waals surface area contributed by atoms with Gasteiger partial charge in [0.1, 0.15) is 0 Å². The van der Waals surface area contributed by atoms with E-state index in [1.807, 2.05) is 13.8 Å². The standard InChI is InChI=1S/C9H18N4O2S/c1-5-13(7(2)3)16(14,15)9-8(10)11-6-12(9)4/h6-7H,5,10H2,1-4H3. The number of hydrogen-bond donors (Lipinski definition) is 1. The van der Waals surface area contributed by atoms with Gasteiger partial charge in [-0.05, 0) is 13.8 Å².